The van der Waals surface area contributed by atoms with Gasteiger partial charge in [0.05, 0.1) is 13.0 Å². The topological polar surface area (TPSA) is 49.3 Å². The van der Waals surface area contributed by atoms with E-state index in [4.69, 9.17) is 0 Å². The van der Waals surface area contributed by atoms with Gasteiger partial charge in [0, 0.05) is 31.5 Å². The van der Waals surface area contributed by atoms with E-state index in [-0.39, 0.29) is 5.91 Å². The predicted molar refractivity (Wildman–Crippen MR) is 93.4 cm³/mol. The quantitative estimate of drug-likeness (QED) is 0.845. The molecule has 126 valence electrons. The largest absolute Gasteiger partial charge is 0.341 e. The molecular formula is C19H24N4O. The summed E-state index contributed by atoms with van der Waals surface area (Å²) in [5, 5.41) is 0. The molecule has 1 fully saturated rings. The molecule has 1 amide bonds. The third kappa shape index (κ3) is 4.17. The first-order valence-corrected chi connectivity index (χ1v) is 8.41. The molecule has 1 aliphatic heterocycles. The first-order valence-electron chi connectivity index (χ1n) is 8.41. The molecule has 2 heterocycles. The second-order valence-corrected chi connectivity index (χ2v) is 6.52. The van der Waals surface area contributed by atoms with Gasteiger partial charge in [-0.05, 0) is 32.0 Å². The first-order chi connectivity index (χ1) is 11.6. The predicted octanol–water partition coefficient (Wildman–Crippen LogP) is 2.06. The van der Waals surface area contributed by atoms with Gasteiger partial charge >= 0.3 is 0 Å². The highest BCUT2D eigenvalue weighted by atomic mass is 16.2. The Labute approximate surface area is 143 Å². The lowest BCUT2D eigenvalue weighted by Gasteiger charge is -2.24. The van der Waals surface area contributed by atoms with Crippen LogP contribution in [-0.2, 0) is 17.8 Å². The van der Waals surface area contributed by atoms with Crippen molar-refractivity contribution in [1.29, 1.82) is 0 Å². The summed E-state index contributed by atoms with van der Waals surface area (Å²) in [4.78, 5) is 25.3. The Balaban J connectivity index is 1.52. The highest BCUT2D eigenvalue weighted by Crippen LogP contribution is 2.17. The second-order valence-electron chi connectivity index (χ2n) is 6.52. The molecule has 0 unspecified atom stereocenters. The molecule has 24 heavy (non-hydrogen) atoms. The maximum absolute atomic E-state index is 12.5. The molecule has 0 spiro atoms. The molecule has 5 nitrogen and oxygen atoms in total. The SMILES string of the molecule is Cc1ccc(CC(=O)N2CC[C@@H](N(C)Cc3ncccn3)C2)cc1. The molecule has 0 aliphatic carbocycles. The van der Waals surface area contributed by atoms with Crippen LogP contribution in [0.25, 0.3) is 0 Å². The summed E-state index contributed by atoms with van der Waals surface area (Å²) in [6.07, 6.45) is 5.02. The van der Waals surface area contributed by atoms with Gasteiger partial charge in [0.1, 0.15) is 5.82 Å². The molecule has 1 aromatic carbocycles. The van der Waals surface area contributed by atoms with Gasteiger partial charge in [-0.15, -0.1) is 0 Å². The number of carbonyl (C=O) groups excluding carboxylic acids is 1. The van der Waals surface area contributed by atoms with Crippen molar-refractivity contribution in [2.45, 2.75) is 32.4 Å². The minimum absolute atomic E-state index is 0.214. The number of aromatic nitrogens is 2. The molecule has 1 aromatic heterocycles. The number of likely N-dealkylation sites (tertiary alicyclic amines) is 1. The number of benzene rings is 1. The zero-order valence-electron chi connectivity index (χ0n) is 14.4. The number of hydrogen-bond donors (Lipinski definition) is 0. The Morgan fingerprint density at radius 2 is 1.96 bits per heavy atom. The van der Waals surface area contributed by atoms with Gasteiger partial charge < -0.3 is 4.90 Å². The third-order valence-electron chi connectivity index (χ3n) is 4.63. The van der Waals surface area contributed by atoms with Gasteiger partial charge in [-0.1, -0.05) is 29.8 Å². The van der Waals surface area contributed by atoms with Crippen molar-refractivity contribution in [2.24, 2.45) is 0 Å². The normalized spacial score (nSPS) is 17.5. The maximum atomic E-state index is 12.5. The third-order valence-corrected chi connectivity index (χ3v) is 4.63. The van der Waals surface area contributed by atoms with Gasteiger partial charge in [-0.25, -0.2) is 9.97 Å². The van der Waals surface area contributed by atoms with E-state index in [1.54, 1.807) is 12.4 Å². The molecule has 1 atom stereocenters. The average molecular weight is 324 g/mol. The van der Waals surface area contributed by atoms with E-state index in [2.05, 4.69) is 41.0 Å². The van der Waals surface area contributed by atoms with Crippen molar-refractivity contribution in [2.75, 3.05) is 20.1 Å². The number of amides is 1. The van der Waals surface area contributed by atoms with Crippen LogP contribution in [0.5, 0.6) is 0 Å². The molecule has 0 N–H and O–H groups in total. The molecule has 2 aromatic rings. The van der Waals surface area contributed by atoms with Crippen LogP contribution in [-0.4, -0.2) is 51.9 Å². The van der Waals surface area contributed by atoms with Crippen molar-refractivity contribution >= 4 is 5.91 Å². The fourth-order valence-electron chi connectivity index (χ4n) is 3.08. The van der Waals surface area contributed by atoms with E-state index in [1.807, 2.05) is 23.1 Å². The molecule has 1 aliphatic rings. The van der Waals surface area contributed by atoms with Gasteiger partial charge in [0.15, 0.2) is 0 Å². The minimum atomic E-state index is 0.214. The van der Waals surface area contributed by atoms with Gasteiger partial charge in [0.25, 0.3) is 0 Å². The number of nitrogens with zero attached hydrogens (tertiary/aromatic N) is 4. The summed E-state index contributed by atoms with van der Waals surface area (Å²) < 4.78 is 0. The fourth-order valence-corrected chi connectivity index (χ4v) is 3.08. The van der Waals surface area contributed by atoms with Crippen LogP contribution in [0, 0.1) is 6.92 Å². The van der Waals surface area contributed by atoms with E-state index < -0.39 is 0 Å². The van der Waals surface area contributed by atoms with E-state index in [0.29, 0.717) is 19.0 Å². The van der Waals surface area contributed by atoms with Crippen molar-refractivity contribution < 1.29 is 4.79 Å². The Morgan fingerprint density at radius 3 is 2.67 bits per heavy atom. The van der Waals surface area contributed by atoms with Crippen LogP contribution in [0.4, 0.5) is 0 Å². The molecule has 3 rings (SSSR count). The Hall–Kier alpha value is -2.27. The lowest BCUT2D eigenvalue weighted by molar-refractivity contribution is -0.129. The van der Waals surface area contributed by atoms with Crippen molar-refractivity contribution in [3.63, 3.8) is 0 Å². The summed E-state index contributed by atoms with van der Waals surface area (Å²) in [5.41, 5.74) is 2.30. The highest BCUT2D eigenvalue weighted by Gasteiger charge is 2.28. The van der Waals surface area contributed by atoms with Crippen LogP contribution in [0.2, 0.25) is 0 Å². The lowest BCUT2D eigenvalue weighted by Crippen LogP contribution is -2.37. The number of likely N-dealkylation sites (N-methyl/N-ethyl adjacent to an activating group) is 1. The minimum Gasteiger partial charge on any atom is -0.341 e. The summed E-state index contributed by atoms with van der Waals surface area (Å²) >= 11 is 0. The fraction of sp³-hybridized carbons (Fsp3) is 0.421. The van der Waals surface area contributed by atoms with E-state index in [1.165, 1.54) is 5.56 Å². The molecule has 0 bridgehead atoms. The monoisotopic (exact) mass is 324 g/mol. The second kappa shape index (κ2) is 7.53. The highest BCUT2D eigenvalue weighted by molar-refractivity contribution is 5.79. The van der Waals surface area contributed by atoms with Crippen LogP contribution in [0.15, 0.2) is 42.7 Å². The van der Waals surface area contributed by atoms with E-state index in [0.717, 1.165) is 30.9 Å². The number of carbonyl (C=O) groups is 1. The first kappa shape index (κ1) is 16.6. The van der Waals surface area contributed by atoms with Crippen LogP contribution >= 0.6 is 0 Å². The van der Waals surface area contributed by atoms with Crippen molar-refractivity contribution in [3.8, 4) is 0 Å². The van der Waals surface area contributed by atoms with E-state index >= 15 is 0 Å². The zero-order valence-corrected chi connectivity index (χ0v) is 14.4. The number of aryl methyl sites for hydroxylation is 1. The molecule has 0 radical (unpaired) electrons. The van der Waals surface area contributed by atoms with Gasteiger partial charge in [0.2, 0.25) is 5.91 Å². The number of hydrogen-bond acceptors (Lipinski definition) is 4. The molecule has 1 saturated heterocycles. The summed E-state index contributed by atoms with van der Waals surface area (Å²) in [6, 6.07) is 10.4. The maximum Gasteiger partial charge on any atom is 0.227 e. The van der Waals surface area contributed by atoms with Crippen molar-refractivity contribution in [1.82, 2.24) is 19.8 Å². The molecule has 0 saturated carbocycles. The van der Waals surface area contributed by atoms with Crippen LogP contribution < -0.4 is 0 Å². The summed E-state index contributed by atoms with van der Waals surface area (Å²) in [7, 11) is 2.08. The molecular weight excluding hydrogens is 300 g/mol. The smallest absolute Gasteiger partial charge is 0.227 e. The van der Waals surface area contributed by atoms with Crippen molar-refractivity contribution in [3.05, 3.63) is 59.7 Å². The zero-order chi connectivity index (χ0) is 16.9. The summed E-state index contributed by atoms with van der Waals surface area (Å²) in [6.45, 7) is 4.39. The Morgan fingerprint density at radius 1 is 1.25 bits per heavy atom. The average Bonchev–Trinajstić information content (AvgIpc) is 3.08. The molecule has 5 heteroatoms. The van der Waals surface area contributed by atoms with Gasteiger partial charge in [-0.3, -0.25) is 9.69 Å². The Kier molecular flexibility index (Phi) is 5.20. The van der Waals surface area contributed by atoms with Crippen LogP contribution in [0.1, 0.15) is 23.4 Å². The van der Waals surface area contributed by atoms with Crippen LogP contribution in [0.3, 0.4) is 0 Å². The lowest BCUT2D eigenvalue weighted by atomic mass is 10.1. The summed E-state index contributed by atoms with van der Waals surface area (Å²) in [5.74, 6) is 1.04. The van der Waals surface area contributed by atoms with Gasteiger partial charge in [-0.2, -0.15) is 0 Å². The standard InChI is InChI=1S/C19H24N4O/c1-15-4-6-16(7-5-15)12-19(24)23-11-8-17(13-23)22(2)14-18-20-9-3-10-21-18/h3-7,9-10,17H,8,11-14H2,1-2H3/t17-/m1/s1. The number of rotatable bonds is 5. The van der Waals surface area contributed by atoms with E-state index in [9.17, 15) is 4.79 Å². The Bertz CT molecular complexity index is 672.